The van der Waals surface area contributed by atoms with E-state index in [1.807, 2.05) is 53.3 Å². The zero-order valence-electron chi connectivity index (χ0n) is 11.6. The molecule has 0 aliphatic rings. The Morgan fingerprint density at radius 2 is 2.00 bits per heavy atom. The quantitative estimate of drug-likeness (QED) is 0.598. The molecule has 0 aliphatic heterocycles. The SMILES string of the molecule is Nc1cc(Cc2ccn(-c3ccccc3)n2)c2nn[nH]c2n1. The Labute approximate surface area is 125 Å². The fraction of sp³-hybridized carbons (Fsp3) is 0.0667. The van der Waals surface area contributed by atoms with E-state index >= 15 is 0 Å². The number of pyridine rings is 1. The number of nitrogens with two attached hydrogens (primary N) is 1. The topological polar surface area (TPSA) is 98.3 Å². The molecule has 0 saturated carbocycles. The lowest BCUT2D eigenvalue weighted by Gasteiger charge is -2.02. The molecule has 7 nitrogen and oxygen atoms in total. The minimum Gasteiger partial charge on any atom is -0.384 e. The minimum atomic E-state index is 0.441. The third-order valence-electron chi connectivity index (χ3n) is 3.43. The Morgan fingerprint density at radius 1 is 1.14 bits per heavy atom. The van der Waals surface area contributed by atoms with Crippen LogP contribution in [0.1, 0.15) is 11.3 Å². The number of hydrogen-bond acceptors (Lipinski definition) is 5. The molecule has 0 fully saturated rings. The van der Waals surface area contributed by atoms with Gasteiger partial charge in [-0.25, -0.2) is 14.8 Å². The van der Waals surface area contributed by atoms with Crippen LogP contribution in [0.4, 0.5) is 5.82 Å². The van der Waals surface area contributed by atoms with Crippen molar-refractivity contribution >= 4 is 17.0 Å². The molecule has 0 amide bonds. The van der Waals surface area contributed by atoms with Crippen LogP contribution < -0.4 is 5.73 Å². The molecule has 0 saturated heterocycles. The number of aromatic nitrogens is 6. The summed E-state index contributed by atoms with van der Waals surface area (Å²) in [5, 5.41) is 15.2. The average Bonchev–Trinajstić information content (AvgIpc) is 3.17. The van der Waals surface area contributed by atoms with E-state index < -0.39 is 0 Å². The third kappa shape index (κ3) is 2.18. The lowest BCUT2D eigenvalue weighted by molar-refractivity contribution is 0.848. The number of nitrogens with one attached hydrogen (secondary N) is 1. The first-order chi connectivity index (χ1) is 10.8. The van der Waals surface area contributed by atoms with Gasteiger partial charge in [-0.2, -0.15) is 5.10 Å². The Morgan fingerprint density at radius 3 is 2.86 bits per heavy atom. The summed E-state index contributed by atoms with van der Waals surface area (Å²) in [7, 11) is 0. The Kier molecular flexibility index (Phi) is 2.82. The van der Waals surface area contributed by atoms with Gasteiger partial charge in [-0.1, -0.05) is 23.4 Å². The molecule has 0 spiro atoms. The molecule has 4 rings (SSSR count). The highest BCUT2D eigenvalue weighted by Crippen LogP contribution is 2.18. The monoisotopic (exact) mass is 291 g/mol. The average molecular weight is 291 g/mol. The van der Waals surface area contributed by atoms with E-state index in [4.69, 9.17) is 5.73 Å². The van der Waals surface area contributed by atoms with Gasteiger partial charge in [0.1, 0.15) is 11.3 Å². The first kappa shape index (κ1) is 12.5. The number of aromatic amines is 1. The highest BCUT2D eigenvalue weighted by atomic mass is 15.3. The molecule has 3 heterocycles. The zero-order chi connectivity index (χ0) is 14.9. The second-order valence-corrected chi connectivity index (χ2v) is 4.98. The van der Waals surface area contributed by atoms with E-state index in [-0.39, 0.29) is 0 Å². The Hall–Kier alpha value is -3.22. The van der Waals surface area contributed by atoms with Gasteiger partial charge in [0.15, 0.2) is 5.65 Å². The standard InChI is InChI=1S/C15H13N7/c16-13-9-10(14-15(17-13)19-21-18-14)8-11-6-7-22(20-11)12-4-2-1-3-5-12/h1-7,9H,8H2,(H3,16,17,18,19,21). The fourth-order valence-corrected chi connectivity index (χ4v) is 2.44. The predicted octanol–water partition coefficient (Wildman–Crippen LogP) is 1.71. The molecule has 108 valence electrons. The number of para-hydroxylation sites is 1. The molecular formula is C15H13N7. The summed E-state index contributed by atoms with van der Waals surface area (Å²) in [5.41, 5.74) is 10.0. The Bertz CT molecular complexity index is 923. The van der Waals surface area contributed by atoms with Crippen molar-refractivity contribution in [2.75, 3.05) is 5.73 Å². The maximum absolute atomic E-state index is 5.82. The van der Waals surface area contributed by atoms with Gasteiger partial charge in [-0.05, 0) is 29.8 Å². The van der Waals surface area contributed by atoms with Crippen LogP contribution in [-0.2, 0) is 6.42 Å². The van der Waals surface area contributed by atoms with Gasteiger partial charge >= 0.3 is 0 Å². The highest BCUT2D eigenvalue weighted by Gasteiger charge is 2.10. The second-order valence-electron chi connectivity index (χ2n) is 4.98. The van der Waals surface area contributed by atoms with E-state index in [9.17, 15) is 0 Å². The molecule has 0 aliphatic carbocycles. The summed E-state index contributed by atoms with van der Waals surface area (Å²) in [4.78, 5) is 4.16. The maximum atomic E-state index is 5.82. The second kappa shape index (κ2) is 4.96. The molecule has 0 unspecified atom stereocenters. The van der Waals surface area contributed by atoms with Crippen LogP contribution in [0.5, 0.6) is 0 Å². The summed E-state index contributed by atoms with van der Waals surface area (Å²) < 4.78 is 1.85. The van der Waals surface area contributed by atoms with Gasteiger partial charge in [0, 0.05) is 12.6 Å². The van der Waals surface area contributed by atoms with Crippen molar-refractivity contribution in [3.8, 4) is 5.69 Å². The van der Waals surface area contributed by atoms with Crippen LogP contribution in [-0.4, -0.2) is 30.2 Å². The number of fused-ring (bicyclic) bond motifs is 1. The van der Waals surface area contributed by atoms with Crippen molar-refractivity contribution in [3.63, 3.8) is 0 Å². The molecule has 22 heavy (non-hydrogen) atoms. The molecule has 3 aromatic heterocycles. The van der Waals surface area contributed by atoms with Gasteiger partial charge in [0.2, 0.25) is 0 Å². The van der Waals surface area contributed by atoms with Gasteiger partial charge in [0.25, 0.3) is 0 Å². The van der Waals surface area contributed by atoms with Crippen LogP contribution in [0.15, 0.2) is 48.7 Å². The molecule has 3 N–H and O–H groups in total. The molecule has 0 atom stereocenters. The van der Waals surface area contributed by atoms with Crippen molar-refractivity contribution in [3.05, 3.63) is 59.9 Å². The van der Waals surface area contributed by atoms with Crippen LogP contribution in [0.2, 0.25) is 0 Å². The number of nitrogens with zero attached hydrogens (tertiary/aromatic N) is 5. The number of benzene rings is 1. The normalized spacial score (nSPS) is 11.1. The summed E-state index contributed by atoms with van der Waals surface area (Å²) in [6.07, 6.45) is 2.56. The lowest BCUT2D eigenvalue weighted by atomic mass is 10.1. The van der Waals surface area contributed by atoms with Crippen molar-refractivity contribution in [1.82, 2.24) is 30.2 Å². The molecule has 7 heteroatoms. The number of rotatable bonds is 3. The van der Waals surface area contributed by atoms with Crippen molar-refractivity contribution < 1.29 is 0 Å². The molecule has 0 bridgehead atoms. The fourth-order valence-electron chi connectivity index (χ4n) is 2.44. The Balaban J connectivity index is 1.69. The molecule has 1 aromatic carbocycles. The molecule has 4 aromatic rings. The van der Waals surface area contributed by atoms with Gasteiger partial charge in [0.05, 0.1) is 11.4 Å². The predicted molar refractivity (Wildman–Crippen MR) is 82.5 cm³/mol. The first-order valence-corrected chi connectivity index (χ1v) is 6.86. The van der Waals surface area contributed by atoms with E-state index in [1.54, 1.807) is 0 Å². The number of anilines is 1. The summed E-state index contributed by atoms with van der Waals surface area (Å²) in [5.74, 6) is 0.441. The van der Waals surface area contributed by atoms with E-state index in [1.165, 1.54) is 0 Å². The van der Waals surface area contributed by atoms with Crippen molar-refractivity contribution in [2.45, 2.75) is 6.42 Å². The van der Waals surface area contributed by atoms with Crippen LogP contribution >= 0.6 is 0 Å². The first-order valence-electron chi connectivity index (χ1n) is 6.86. The lowest BCUT2D eigenvalue weighted by Crippen LogP contribution is -1.99. The maximum Gasteiger partial charge on any atom is 0.178 e. The van der Waals surface area contributed by atoms with Crippen molar-refractivity contribution in [1.29, 1.82) is 0 Å². The molecular weight excluding hydrogens is 278 g/mol. The van der Waals surface area contributed by atoms with Gasteiger partial charge in [-0.3, -0.25) is 0 Å². The number of nitrogen functional groups attached to an aromatic ring is 1. The van der Waals surface area contributed by atoms with Gasteiger partial charge in [-0.15, -0.1) is 5.10 Å². The van der Waals surface area contributed by atoms with Gasteiger partial charge < -0.3 is 5.73 Å². The van der Waals surface area contributed by atoms with Crippen LogP contribution in [0.3, 0.4) is 0 Å². The van der Waals surface area contributed by atoms with E-state index in [2.05, 4.69) is 25.5 Å². The molecule has 0 radical (unpaired) electrons. The van der Waals surface area contributed by atoms with Crippen LogP contribution in [0.25, 0.3) is 16.9 Å². The summed E-state index contributed by atoms with van der Waals surface area (Å²) in [6, 6.07) is 13.8. The minimum absolute atomic E-state index is 0.441. The number of H-pyrrole nitrogens is 1. The van der Waals surface area contributed by atoms with E-state index in [0.717, 1.165) is 22.5 Å². The highest BCUT2D eigenvalue weighted by molar-refractivity contribution is 5.75. The summed E-state index contributed by atoms with van der Waals surface area (Å²) in [6.45, 7) is 0. The zero-order valence-corrected chi connectivity index (χ0v) is 11.6. The van der Waals surface area contributed by atoms with Crippen LogP contribution in [0, 0.1) is 0 Å². The smallest absolute Gasteiger partial charge is 0.178 e. The largest absolute Gasteiger partial charge is 0.384 e. The van der Waals surface area contributed by atoms with E-state index in [0.29, 0.717) is 17.9 Å². The third-order valence-corrected chi connectivity index (χ3v) is 3.43. The summed E-state index contributed by atoms with van der Waals surface area (Å²) >= 11 is 0. The van der Waals surface area contributed by atoms with Crippen molar-refractivity contribution in [2.24, 2.45) is 0 Å². The number of hydrogen-bond donors (Lipinski definition) is 2.